The lowest BCUT2D eigenvalue weighted by molar-refractivity contribution is 0.497. The average molecular weight is 301 g/mol. The highest BCUT2D eigenvalue weighted by molar-refractivity contribution is 7.99. The normalized spacial score (nSPS) is 12.6. The maximum Gasteiger partial charge on any atom is 0.0417 e. The summed E-state index contributed by atoms with van der Waals surface area (Å²) in [6, 6.07) is 8.36. The minimum absolute atomic E-state index is 0.380. The Kier molecular flexibility index (Phi) is 9.35. The van der Waals surface area contributed by atoms with Gasteiger partial charge in [-0.15, -0.1) is 11.8 Å². The molecule has 1 aromatic rings. The molecule has 0 aliphatic carbocycles. The van der Waals surface area contributed by atoms with Gasteiger partial charge in [0, 0.05) is 21.7 Å². The Morgan fingerprint density at radius 3 is 2.74 bits per heavy atom. The van der Waals surface area contributed by atoms with E-state index in [-0.39, 0.29) is 0 Å². The van der Waals surface area contributed by atoms with E-state index in [9.17, 15) is 0 Å². The molecule has 19 heavy (non-hydrogen) atoms. The Labute approximate surface area is 126 Å². The zero-order valence-corrected chi connectivity index (χ0v) is 13.3. The molecule has 108 valence electrons. The molecule has 1 aromatic carbocycles. The first-order valence-corrected chi connectivity index (χ1v) is 8.47. The highest BCUT2D eigenvalue weighted by Gasteiger charge is 2.07. The first-order valence-electron chi connectivity index (χ1n) is 7.10. The van der Waals surface area contributed by atoms with E-state index in [1.807, 2.05) is 30.0 Å². The predicted molar refractivity (Wildman–Crippen MR) is 86.7 cm³/mol. The van der Waals surface area contributed by atoms with Crippen molar-refractivity contribution in [3.05, 3.63) is 29.3 Å². The minimum Gasteiger partial charge on any atom is -0.271 e. The number of rotatable bonds is 10. The summed E-state index contributed by atoms with van der Waals surface area (Å²) in [6.45, 7) is 2.24. The van der Waals surface area contributed by atoms with Gasteiger partial charge in [-0.3, -0.25) is 11.3 Å². The summed E-state index contributed by atoms with van der Waals surface area (Å²) in [6.07, 6.45) is 7.70. The molecule has 0 radical (unpaired) electrons. The van der Waals surface area contributed by atoms with Gasteiger partial charge >= 0.3 is 0 Å². The van der Waals surface area contributed by atoms with Gasteiger partial charge in [0.1, 0.15) is 0 Å². The van der Waals surface area contributed by atoms with Crippen LogP contribution in [0.25, 0.3) is 0 Å². The fourth-order valence-corrected chi connectivity index (χ4v) is 3.26. The number of unbranched alkanes of at least 4 members (excludes halogenated alkanes) is 4. The number of halogens is 1. The minimum atomic E-state index is 0.380. The van der Waals surface area contributed by atoms with Gasteiger partial charge in [0.05, 0.1) is 0 Å². The summed E-state index contributed by atoms with van der Waals surface area (Å²) in [4.78, 5) is 1.21. The molecule has 1 rings (SSSR count). The van der Waals surface area contributed by atoms with Crippen LogP contribution in [0.1, 0.15) is 45.4 Å². The molecule has 4 heteroatoms. The Hall–Kier alpha value is -0.220. The quantitative estimate of drug-likeness (QED) is 0.286. The number of hydrazine groups is 1. The molecule has 0 spiro atoms. The maximum atomic E-state index is 5.97. The van der Waals surface area contributed by atoms with Crippen molar-refractivity contribution in [1.82, 2.24) is 5.43 Å². The summed E-state index contributed by atoms with van der Waals surface area (Å²) < 4.78 is 0. The summed E-state index contributed by atoms with van der Waals surface area (Å²) in [7, 11) is 0. The Morgan fingerprint density at radius 1 is 1.26 bits per heavy atom. The molecule has 1 atom stereocenters. The van der Waals surface area contributed by atoms with Crippen LogP contribution < -0.4 is 11.3 Å². The highest BCUT2D eigenvalue weighted by Crippen LogP contribution is 2.23. The first-order chi connectivity index (χ1) is 9.26. The fourth-order valence-electron chi connectivity index (χ4n) is 1.96. The number of nitrogens with one attached hydrogen (secondary N) is 1. The van der Waals surface area contributed by atoms with Crippen molar-refractivity contribution in [3.63, 3.8) is 0 Å². The van der Waals surface area contributed by atoms with Crippen LogP contribution in [0.5, 0.6) is 0 Å². The van der Waals surface area contributed by atoms with E-state index in [1.165, 1.54) is 37.0 Å². The van der Waals surface area contributed by atoms with Crippen molar-refractivity contribution in [2.45, 2.75) is 56.4 Å². The van der Waals surface area contributed by atoms with Crippen molar-refractivity contribution >= 4 is 23.4 Å². The molecule has 0 saturated carbocycles. The van der Waals surface area contributed by atoms with Crippen molar-refractivity contribution < 1.29 is 0 Å². The molecule has 3 N–H and O–H groups in total. The van der Waals surface area contributed by atoms with Crippen LogP contribution in [-0.2, 0) is 0 Å². The Balaban J connectivity index is 2.21. The van der Waals surface area contributed by atoms with E-state index in [0.29, 0.717) is 6.04 Å². The van der Waals surface area contributed by atoms with Crippen molar-refractivity contribution in [3.8, 4) is 0 Å². The third kappa shape index (κ3) is 7.83. The molecule has 0 bridgehead atoms. The van der Waals surface area contributed by atoms with Gasteiger partial charge in [0.15, 0.2) is 0 Å². The molecule has 0 fully saturated rings. The molecule has 1 unspecified atom stereocenters. The first kappa shape index (κ1) is 16.8. The zero-order valence-electron chi connectivity index (χ0n) is 11.7. The second-order valence-electron chi connectivity index (χ2n) is 4.83. The van der Waals surface area contributed by atoms with Crippen molar-refractivity contribution in [1.29, 1.82) is 0 Å². The van der Waals surface area contributed by atoms with Crippen LogP contribution in [-0.4, -0.2) is 11.8 Å². The van der Waals surface area contributed by atoms with E-state index in [1.54, 1.807) is 0 Å². The average Bonchev–Trinajstić information content (AvgIpc) is 2.42. The second-order valence-corrected chi connectivity index (χ2v) is 6.36. The van der Waals surface area contributed by atoms with E-state index in [4.69, 9.17) is 17.4 Å². The van der Waals surface area contributed by atoms with Gasteiger partial charge in [-0.1, -0.05) is 56.7 Å². The van der Waals surface area contributed by atoms with E-state index in [0.717, 1.165) is 17.2 Å². The van der Waals surface area contributed by atoms with Crippen molar-refractivity contribution in [2.24, 2.45) is 5.84 Å². The summed E-state index contributed by atoms with van der Waals surface area (Å²) in [5.41, 5.74) is 2.92. The van der Waals surface area contributed by atoms with Crippen LogP contribution in [0.4, 0.5) is 0 Å². The molecular formula is C15H25ClN2S. The van der Waals surface area contributed by atoms with Gasteiger partial charge < -0.3 is 0 Å². The topological polar surface area (TPSA) is 38.0 Å². The number of benzene rings is 1. The zero-order chi connectivity index (χ0) is 13.9. The van der Waals surface area contributed by atoms with Crippen LogP contribution >= 0.6 is 23.4 Å². The lowest BCUT2D eigenvalue weighted by Gasteiger charge is -2.15. The molecule has 0 heterocycles. The Bertz CT molecular complexity index is 347. The molecule has 0 aromatic heterocycles. The monoisotopic (exact) mass is 300 g/mol. The maximum absolute atomic E-state index is 5.97. The molecule has 0 aliphatic heterocycles. The highest BCUT2D eigenvalue weighted by atomic mass is 35.5. The van der Waals surface area contributed by atoms with E-state index >= 15 is 0 Å². The SMILES string of the molecule is CCCCCCCC(CSc1cccc(Cl)c1)NN. The number of nitrogens with two attached hydrogens (primary N) is 1. The number of hydrogen-bond donors (Lipinski definition) is 2. The number of thioether (sulfide) groups is 1. The standard InChI is InChI=1S/C15H25ClN2S/c1-2-3-4-5-6-9-14(18-17)12-19-15-10-7-8-13(16)11-15/h7-8,10-11,14,18H,2-6,9,12,17H2,1H3. The van der Waals surface area contributed by atoms with Crippen molar-refractivity contribution in [2.75, 3.05) is 5.75 Å². The summed E-state index contributed by atoms with van der Waals surface area (Å²) >= 11 is 7.78. The summed E-state index contributed by atoms with van der Waals surface area (Å²) in [5, 5.41) is 0.793. The van der Waals surface area contributed by atoms with Gasteiger partial charge in [0.2, 0.25) is 0 Å². The van der Waals surface area contributed by atoms with Crippen LogP contribution in [0, 0.1) is 0 Å². The third-order valence-electron chi connectivity index (χ3n) is 3.14. The van der Waals surface area contributed by atoms with Crippen LogP contribution in [0.15, 0.2) is 29.2 Å². The molecule has 0 aliphatic rings. The molecule has 2 nitrogen and oxygen atoms in total. The molecule has 0 saturated heterocycles. The van der Waals surface area contributed by atoms with E-state index in [2.05, 4.69) is 18.4 Å². The Morgan fingerprint density at radius 2 is 2.05 bits per heavy atom. The van der Waals surface area contributed by atoms with E-state index < -0.39 is 0 Å². The second kappa shape index (κ2) is 10.6. The van der Waals surface area contributed by atoms with Crippen LogP contribution in [0.3, 0.4) is 0 Å². The van der Waals surface area contributed by atoms with Gasteiger partial charge in [-0.25, -0.2) is 0 Å². The summed E-state index contributed by atoms with van der Waals surface area (Å²) in [5.74, 6) is 6.61. The third-order valence-corrected chi connectivity index (χ3v) is 4.53. The smallest absolute Gasteiger partial charge is 0.0417 e. The lowest BCUT2D eigenvalue weighted by atomic mass is 10.1. The largest absolute Gasteiger partial charge is 0.271 e. The van der Waals surface area contributed by atoms with Gasteiger partial charge in [-0.05, 0) is 24.6 Å². The fraction of sp³-hybridized carbons (Fsp3) is 0.600. The lowest BCUT2D eigenvalue weighted by Crippen LogP contribution is -2.36. The van der Waals surface area contributed by atoms with Gasteiger partial charge in [0.25, 0.3) is 0 Å². The van der Waals surface area contributed by atoms with Crippen LogP contribution in [0.2, 0.25) is 5.02 Å². The predicted octanol–water partition coefficient (Wildman–Crippen LogP) is 4.62. The molecule has 0 amide bonds. The molecular weight excluding hydrogens is 276 g/mol. The van der Waals surface area contributed by atoms with Gasteiger partial charge in [-0.2, -0.15) is 0 Å². The number of hydrogen-bond acceptors (Lipinski definition) is 3.